The molecule has 0 amide bonds. The highest BCUT2D eigenvalue weighted by molar-refractivity contribution is 5.79. The molecule has 0 radical (unpaired) electrons. The van der Waals surface area contributed by atoms with Gasteiger partial charge >= 0.3 is 17.9 Å². The van der Waals surface area contributed by atoms with Gasteiger partial charge in [-0.3, -0.25) is 14.4 Å². The smallest absolute Gasteiger partial charge is 0.312 e. The fourth-order valence-corrected chi connectivity index (χ4v) is 7.83. The molecule has 6 heteroatoms. The molecule has 236 valence electrons. The topological polar surface area (TPSA) is 78.9 Å². The number of carbonyl (C=O) groups excluding carboxylic acids is 3. The zero-order valence-electron chi connectivity index (χ0n) is 28.4. The van der Waals surface area contributed by atoms with Crippen LogP contribution >= 0.6 is 0 Å². The zero-order chi connectivity index (χ0) is 31.3. The van der Waals surface area contributed by atoms with Gasteiger partial charge < -0.3 is 14.2 Å². The van der Waals surface area contributed by atoms with Gasteiger partial charge in [-0.05, 0) is 81.0 Å². The fourth-order valence-electron chi connectivity index (χ4n) is 7.83. The van der Waals surface area contributed by atoms with Crippen LogP contribution in [-0.2, 0) is 28.6 Å². The summed E-state index contributed by atoms with van der Waals surface area (Å²) >= 11 is 0. The number of hydrogen-bond acceptors (Lipinski definition) is 6. The summed E-state index contributed by atoms with van der Waals surface area (Å²) in [4.78, 5) is 40.3. The first kappa shape index (κ1) is 33.9. The second kappa shape index (κ2) is 11.5. The van der Waals surface area contributed by atoms with Crippen molar-refractivity contribution in [2.24, 2.45) is 51.2 Å². The first-order chi connectivity index (χ1) is 18.6. The summed E-state index contributed by atoms with van der Waals surface area (Å²) < 4.78 is 18.4. The van der Waals surface area contributed by atoms with Gasteiger partial charge in [0.1, 0.15) is 17.8 Å². The summed E-state index contributed by atoms with van der Waals surface area (Å²) in [7, 11) is 0. The molecule has 3 aliphatic rings. The van der Waals surface area contributed by atoms with Crippen molar-refractivity contribution in [2.75, 3.05) is 0 Å². The molecule has 41 heavy (non-hydrogen) atoms. The number of esters is 3. The number of carbonyl (C=O) groups is 3. The van der Waals surface area contributed by atoms with Crippen LogP contribution < -0.4 is 0 Å². The van der Waals surface area contributed by atoms with Crippen molar-refractivity contribution < 1.29 is 28.6 Å². The minimum Gasteiger partial charge on any atom is -0.459 e. The van der Waals surface area contributed by atoms with Gasteiger partial charge in [-0.15, -0.1) is 0 Å². The van der Waals surface area contributed by atoms with Gasteiger partial charge in [0.25, 0.3) is 0 Å². The molecule has 3 fully saturated rings. The molecule has 0 spiro atoms. The van der Waals surface area contributed by atoms with Crippen LogP contribution in [0.25, 0.3) is 0 Å². The van der Waals surface area contributed by atoms with Crippen LogP contribution in [0.3, 0.4) is 0 Å². The summed E-state index contributed by atoms with van der Waals surface area (Å²) in [6, 6.07) is 0. The van der Waals surface area contributed by atoms with Crippen molar-refractivity contribution in [3.8, 4) is 0 Å². The first-order valence-corrected chi connectivity index (χ1v) is 16.2. The fraction of sp³-hybridized carbons (Fsp3) is 0.914. The molecule has 2 aliphatic carbocycles. The molecule has 1 heterocycles. The number of hydrogen-bond donors (Lipinski definition) is 0. The lowest BCUT2D eigenvalue weighted by molar-refractivity contribution is -0.211. The van der Waals surface area contributed by atoms with E-state index in [1.807, 2.05) is 20.8 Å². The Balaban J connectivity index is 1.71. The summed E-state index contributed by atoms with van der Waals surface area (Å²) in [6.07, 6.45) is 4.58. The Kier molecular flexibility index (Phi) is 9.50. The van der Waals surface area contributed by atoms with Crippen molar-refractivity contribution in [2.45, 2.75) is 153 Å². The highest BCUT2D eigenvalue weighted by atomic mass is 16.6. The van der Waals surface area contributed by atoms with Gasteiger partial charge in [0.2, 0.25) is 0 Å². The van der Waals surface area contributed by atoms with Gasteiger partial charge in [0, 0.05) is 11.8 Å². The molecule has 0 aromatic rings. The number of ether oxygens (including phenoxy) is 3. The van der Waals surface area contributed by atoms with Crippen molar-refractivity contribution in [1.29, 1.82) is 0 Å². The minimum absolute atomic E-state index is 0.0363. The van der Waals surface area contributed by atoms with Crippen LogP contribution in [0.5, 0.6) is 0 Å². The van der Waals surface area contributed by atoms with Crippen LogP contribution in [0.1, 0.15) is 135 Å². The Morgan fingerprint density at radius 2 is 1.54 bits per heavy atom. The molecule has 0 aromatic carbocycles. The predicted octanol–water partition coefficient (Wildman–Crippen LogP) is 8.15. The van der Waals surface area contributed by atoms with Gasteiger partial charge in [-0.25, -0.2) is 0 Å². The first-order valence-electron chi connectivity index (χ1n) is 16.2. The van der Waals surface area contributed by atoms with E-state index >= 15 is 0 Å². The van der Waals surface area contributed by atoms with Crippen LogP contribution in [-0.4, -0.2) is 35.7 Å². The molecule has 2 saturated carbocycles. The lowest BCUT2D eigenvalue weighted by Crippen LogP contribution is -2.61. The third-order valence-corrected chi connectivity index (χ3v) is 10.6. The van der Waals surface area contributed by atoms with E-state index in [1.165, 1.54) is 0 Å². The lowest BCUT2D eigenvalue weighted by Gasteiger charge is -2.53. The molecule has 1 aliphatic heterocycles. The summed E-state index contributed by atoms with van der Waals surface area (Å²) in [6.45, 7) is 27.4. The van der Waals surface area contributed by atoms with Crippen LogP contribution in [0.2, 0.25) is 0 Å². The predicted molar refractivity (Wildman–Crippen MR) is 162 cm³/mol. The van der Waals surface area contributed by atoms with Crippen LogP contribution in [0.15, 0.2) is 0 Å². The molecule has 9 atom stereocenters. The maximum Gasteiger partial charge on any atom is 0.312 e. The van der Waals surface area contributed by atoms with Crippen molar-refractivity contribution in [1.82, 2.24) is 0 Å². The average Bonchev–Trinajstić information content (AvgIpc) is 3.14. The van der Waals surface area contributed by atoms with E-state index in [0.717, 1.165) is 25.7 Å². The third-order valence-electron chi connectivity index (χ3n) is 10.6. The molecule has 0 aromatic heterocycles. The maximum absolute atomic E-state index is 13.8. The highest BCUT2D eigenvalue weighted by Gasteiger charge is 2.68. The normalized spacial score (nSPS) is 31.6. The van der Waals surface area contributed by atoms with Gasteiger partial charge in [-0.2, -0.15) is 0 Å². The van der Waals surface area contributed by atoms with E-state index < -0.39 is 11.0 Å². The van der Waals surface area contributed by atoms with E-state index in [0.29, 0.717) is 19.3 Å². The van der Waals surface area contributed by atoms with E-state index in [1.54, 1.807) is 0 Å². The summed E-state index contributed by atoms with van der Waals surface area (Å²) in [5.74, 6) is -0.533. The molecule has 3 rings (SSSR count). The molecule has 0 bridgehead atoms. The Morgan fingerprint density at radius 1 is 0.927 bits per heavy atom. The molecular formula is C35H60O6. The molecule has 9 unspecified atom stereocenters. The summed E-state index contributed by atoms with van der Waals surface area (Å²) in [5.41, 5.74) is -1.56. The summed E-state index contributed by atoms with van der Waals surface area (Å²) in [5, 5.41) is 0. The average molecular weight is 577 g/mol. The molecule has 6 nitrogen and oxygen atoms in total. The quantitative estimate of drug-likeness (QED) is 0.193. The highest BCUT2D eigenvalue weighted by Crippen LogP contribution is 2.59. The zero-order valence-corrected chi connectivity index (χ0v) is 28.4. The SMILES string of the molecule is CCC(CC(C)(C)C)C(=O)OC(C)(CC)CC1CCC2C(OC(=O)C(C)(CC(C)(C)C)C(C)(C)C)C3OC(=O)C1C23. The third kappa shape index (κ3) is 7.15. The van der Waals surface area contributed by atoms with Crippen LogP contribution in [0.4, 0.5) is 0 Å². The maximum atomic E-state index is 13.8. The molecule has 1 saturated heterocycles. The largest absolute Gasteiger partial charge is 0.459 e. The second-order valence-corrected chi connectivity index (χ2v) is 17.5. The van der Waals surface area contributed by atoms with Gasteiger partial charge in [0.05, 0.1) is 17.3 Å². The van der Waals surface area contributed by atoms with Crippen molar-refractivity contribution in [3.05, 3.63) is 0 Å². The van der Waals surface area contributed by atoms with E-state index in [2.05, 4.69) is 69.2 Å². The number of rotatable bonds is 10. The second-order valence-electron chi connectivity index (χ2n) is 17.5. The molecular weight excluding hydrogens is 516 g/mol. The monoisotopic (exact) mass is 576 g/mol. The van der Waals surface area contributed by atoms with Crippen molar-refractivity contribution in [3.63, 3.8) is 0 Å². The van der Waals surface area contributed by atoms with Crippen LogP contribution in [0, 0.1) is 51.2 Å². The Hall–Kier alpha value is -1.59. The Morgan fingerprint density at radius 3 is 2.02 bits per heavy atom. The van der Waals surface area contributed by atoms with E-state index in [-0.39, 0.29) is 76.0 Å². The van der Waals surface area contributed by atoms with E-state index in [4.69, 9.17) is 14.2 Å². The Labute approximate surface area is 250 Å². The Bertz CT molecular complexity index is 980. The minimum atomic E-state index is -0.661. The standard InChI is InChI=1S/C35H60O6/c1-14-21(18-31(3,4)5)28(36)41-34(12,15-2)19-22-16-17-23-25-24(22)29(37)39-27(25)26(23)40-30(38)35(13,33(9,10)11)20-32(6,7)8/h21-27H,14-20H2,1-13H3. The van der Waals surface area contributed by atoms with Gasteiger partial charge in [0.15, 0.2) is 0 Å². The van der Waals surface area contributed by atoms with Crippen molar-refractivity contribution >= 4 is 17.9 Å². The van der Waals surface area contributed by atoms with E-state index in [9.17, 15) is 14.4 Å². The van der Waals surface area contributed by atoms with Gasteiger partial charge in [-0.1, -0.05) is 76.2 Å². The molecule has 0 N–H and O–H groups in total. The lowest BCUT2D eigenvalue weighted by atomic mass is 9.54.